The standard InChI is InChI=1S/C17H19N5O3/c1-9-7-21(11-4-5-12(23)10(2)6-11)16-18-14-13(22(16)8-9)15(24)19-17(25)20(14)3/h4-6,9,23H,7-8H2,1-3H3,(H,19,24,25). The van der Waals surface area contributed by atoms with Crippen molar-refractivity contribution in [3.05, 3.63) is 44.6 Å². The Morgan fingerprint density at radius 3 is 2.76 bits per heavy atom. The summed E-state index contributed by atoms with van der Waals surface area (Å²) >= 11 is 0. The van der Waals surface area contributed by atoms with Crippen LogP contribution in [0.3, 0.4) is 0 Å². The average molecular weight is 341 g/mol. The summed E-state index contributed by atoms with van der Waals surface area (Å²) in [6, 6.07) is 5.37. The van der Waals surface area contributed by atoms with E-state index in [1.54, 1.807) is 13.1 Å². The Morgan fingerprint density at radius 2 is 2.04 bits per heavy atom. The fraction of sp³-hybridized carbons (Fsp3) is 0.353. The van der Waals surface area contributed by atoms with E-state index in [0.29, 0.717) is 23.7 Å². The van der Waals surface area contributed by atoms with Crippen LogP contribution in [-0.2, 0) is 13.6 Å². The molecule has 0 fully saturated rings. The maximum absolute atomic E-state index is 12.4. The Labute approximate surface area is 143 Å². The molecule has 1 aliphatic heterocycles. The first-order valence-corrected chi connectivity index (χ1v) is 8.13. The van der Waals surface area contributed by atoms with Gasteiger partial charge in [-0.15, -0.1) is 0 Å². The second-order valence-corrected chi connectivity index (χ2v) is 6.70. The summed E-state index contributed by atoms with van der Waals surface area (Å²) in [5.74, 6) is 1.15. The summed E-state index contributed by atoms with van der Waals surface area (Å²) in [6.07, 6.45) is 0. The number of rotatable bonds is 1. The molecular formula is C17H19N5O3. The average Bonchev–Trinajstić information content (AvgIpc) is 2.94. The van der Waals surface area contributed by atoms with Crippen molar-refractivity contribution >= 4 is 22.8 Å². The number of nitrogens with zero attached hydrogens (tertiary/aromatic N) is 4. The highest BCUT2D eigenvalue weighted by molar-refractivity contribution is 5.77. The zero-order chi connectivity index (χ0) is 17.9. The molecule has 2 N–H and O–H groups in total. The second kappa shape index (κ2) is 5.23. The number of benzene rings is 1. The van der Waals surface area contributed by atoms with Gasteiger partial charge in [0.05, 0.1) is 0 Å². The van der Waals surface area contributed by atoms with Gasteiger partial charge in [-0.2, -0.15) is 4.98 Å². The number of phenols is 1. The van der Waals surface area contributed by atoms with Gasteiger partial charge in [-0.25, -0.2) is 4.79 Å². The first-order valence-electron chi connectivity index (χ1n) is 8.13. The van der Waals surface area contributed by atoms with Gasteiger partial charge in [0, 0.05) is 25.8 Å². The maximum atomic E-state index is 12.4. The minimum absolute atomic E-state index is 0.237. The number of hydrogen-bond acceptors (Lipinski definition) is 5. The fourth-order valence-corrected chi connectivity index (χ4v) is 3.39. The van der Waals surface area contributed by atoms with Gasteiger partial charge in [0.2, 0.25) is 5.95 Å². The van der Waals surface area contributed by atoms with Crippen molar-refractivity contribution in [2.45, 2.75) is 20.4 Å². The van der Waals surface area contributed by atoms with Gasteiger partial charge in [0.1, 0.15) is 5.75 Å². The van der Waals surface area contributed by atoms with E-state index in [0.717, 1.165) is 17.8 Å². The van der Waals surface area contributed by atoms with Gasteiger partial charge in [-0.3, -0.25) is 14.3 Å². The molecule has 0 radical (unpaired) electrons. The summed E-state index contributed by atoms with van der Waals surface area (Å²) in [4.78, 5) is 33.2. The molecule has 1 aliphatic rings. The van der Waals surface area contributed by atoms with Crippen LogP contribution in [0.4, 0.5) is 11.6 Å². The van der Waals surface area contributed by atoms with Crippen LogP contribution >= 0.6 is 0 Å². The minimum atomic E-state index is -0.479. The number of H-pyrrole nitrogens is 1. The molecule has 4 rings (SSSR count). The topological polar surface area (TPSA) is 96.2 Å². The van der Waals surface area contributed by atoms with Crippen molar-refractivity contribution in [2.24, 2.45) is 13.0 Å². The van der Waals surface area contributed by atoms with Crippen LogP contribution < -0.4 is 16.1 Å². The lowest BCUT2D eigenvalue weighted by Gasteiger charge is -2.33. The number of aromatic nitrogens is 4. The number of aryl methyl sites for hydroxylation is 2. The van der Waals surface area contributed by atoms with Gasteiger partial charge in [-0.1, -0.05) is 6.92 Å². The summed E-state index contributed by atoms with van der Waals surface area (Å²) in [6.45, 7) is 5.33. The Bertz CT molecular complexity index is 1110. The van der Waals surface area contributed by atoms with Crippen LogP contribution in [-0.4, -0.2) is 30.8 Å². The van der Waals surface area contributed by atoms with Gasteiger partial charge in [0.25, 0.3) is 5.56 Å². The predicted octanol–water partition coefficient (Wildman–Crippen LogP) is 1.23. The highest BCUT2D eigenvalue weighted by atomic mass is 16.3. The molecule has 1 unspecified atom stereocenters. The number of anilines is 2. The molecule has 0 saturated heterocycles. The van der Waals surface area contributed by atoms with Gasteiger partial charge in [-0.05, 0) is 36.6 Å². The van der Waals surface area contributed by atoms with E-state index in [9.17, 15) is 14.7 Å². The second-order valence-electron chi connectivity index (χ2n) is 6.70. The quantitative estimate of drug-likeness (QED) is 0.694. The smallest absolute Gasteiger partial charge is 0.329 e. The molecule has 1 atom stereocenters. The Morgan fingerprint density at radius 1 is 1.28 bits per heavy atom. The van der Waals surface area contributed by atoms with Gasteiger partial charge >= 0.3 is 5.69 Å². The van der Waals surface area contributed by atoms with Crippen molar-refractivity contribution < 1.29 is 5.11 Å². The van der Waals surface area contributed by atoms with Crippen molar-refractivity contribution in [1.82, 2.24) is 19.1 Å². The van der Waals surface area contributed by atoms with Crippen LogP contribution in [0, 0.1) is 12.8 Å². The van der Waals surface area contributed by atoms with E-state index in [1.165, 1.54) is 4.57 Å². The fourth-order valence-electron chi connectivity index (χ4n) is 3.39. The maximum Gasteiger partial charge on any atom is 0.329 e. The first-order chi connectivity index (χ1) is 11.9. The van der Waals surface area contributed by atoms with Crippen LogP contribution in [0.1, 0.15) is 12.5 Å². The van der Waals surface area contributed by atoms with E-state index in [-0.39, 0.29) is 11.7 Å². The summed E-state index contributed by atoms with van der Waals surface area (Å²) in [7, 11) is 1.60. The number of aromatic hydroxyl groups is 1. The molecule has 0 amide bonds. The molecule has 0 saturated carbocycles. The third-order valence-electron chi connectivity index (χ3n) is 4.71. The van der Waals surface area contributed by atoms with Gasteiger partial charge in [0.15, 0.2) is 11.2 Å². The van der Waals surface area contributed by atoms with Crippen LogP contribution in [0.5, 0.6) is 5.75 Å². The highest BCUT2D eigenvalue weighted by Crippen LogP contribution is 2.34. The molecule has 0 spiro atoms. The largest absolute Gasteiger partial charge is 0.508 e. The van der Waals surface area contributed by atoms with Gasteiger partial charge < -0.3 is 14.6 Å². The molecule has 1 aromatic carbocycles. The minimum Gasteiger partial charge on any atom is -0.508 e. The first kappa shape index (κ1) is 15.5. The molecule has 3 heterocycles. The number of phenolic OH excluding ortho intramolecular Hbond substituents is 1. The summed E-state index contributed by atoms with van der Waals surface area (Å²) in [5.41, 5.74) is 1.53. The molecule has 2 aromatic heterocycles. The molecule has 3 aromatic rings. The van der Waals surface area contributed by atoms with Crippen molar-refractivity contribution in [2.75, 3.05) is 11.4 Å². The Kier molecular flexibility index (Phi) is 3.24. The number of fused-ring (bicyclic) bond motifs is 3. The van der Waals surface area contributed by atoms with E-state index in [1.807, 2.05) is 28.5 Å². The normalized spacial score (nSPS) is 17.1. The Hall–Kier alpha value is -3.03. The lowest BCUT2D eigenvalue weighted by molar-refractivity contribution is 0.457. The Balaban J connectivity index is 2.00. The predicted molar refractivity (Wildman–Crippen MR) is 94.6 cm³/mol. The lowest BCUT2D eigenvalue weighted by atomic mass is 10.1. The molecule has 25 heavy (non-hydrogen) atoms. The zero-order valence-corrected chi connectivity index (χ0v) is 14.3. The summed E-state index contributed by atoms with van der Waals surface area (Å²) < 4.78 is 3.22. The van der Waals surface area contributed by atoms with Crippen LogP contribution in [0.25, 0.3) is 11.2 Å². The van der Waals surface area contributed by atoms with E-state index >= 15 is 0 Å². The SMILES string of the molecule is Cc1cc(N2CC(C)Cn3c2nc2c3c(=O)[nH]c(=O)n2C)ccc1O. The molecule has 8 heteroatoms. The number of imidazole rings is 1. The van der Waals surface area contributed by atoms with Crippen LogP contribution in [0.15, 0.2) is 27.8 Å². The van der Waals surface area contributed by atoms with E-state index < -0.39 is 11.2 Å². The molecular weight excluding hydrogens is 322 g/mol. The third kappa shape index (κ3) is 2.25. The number of aromatic amines is 1. The molecule has 0 bridgehead atoms. The van der Waals surface area contributed by atoms with Crippen molar-refractivity contribution in [3.63, 3.8) is 0 Å². The molecule has 0 aliphatic carbocycles. The van der Waals surface area contributed by atoms with E-state index in [4.69, 9.17) is 0 Å². The van der Waals surface area contributed by atoms with Crippen molar-refractivity contribution in [3.8, 4) is 5.75 Å². The van der Waals surface area contributed by atoms with Crippen LogP contribution in [0.2, 0.25) is 0 Å². The third-order valence-corrected chi connectivity index (χ3v) is 4.71. The zero-order valence-electron chi connectivity index (χ0n) is 14.3. The number of nitrogens with one attached hydrogen (secondary N) is 1. The molecule has 8 nitrogen and oxygen atoms in total. The lowest BCUT2D eigenvalue weighted by Crippen LogP contribution is -2.35. The number of hydrogen-bond donors (Lipinski definition) is 2. The summed E-state index contributed by atoms with van der Waals surface area (Å²) in [5, 5.41) is 9.78. The van der Waals surface area contributed by atoms with E-state index in [2.05, 4.69) is 16.9 Å². The van der Waals surface area contributed by atoms with Crippen molar-refractivity contribution in [1.29, 1.82) is 0 Å². The monoisotopic (exact) mass is 341 g/mol. The highest BCUT2D eigenvalue weighted by Gasteiger charge is 2.29. The molecule has 130 valence electrons.